The summed E-state index contributed by atoms with van der Waals surface area (Å²) in [5.74, 6) is 0.504. The summed E-state index contributed by atoms with van der Waals surface area (Å²) in [6.45, 7) is 2.08. The number of halogens is 1. The number of ether oxygens (including phenoxy) is 1. The molecule has 0 saturated heterocycles. The van der Waals surface area contributed by atoms with Gasteiger partial charge in [-0.25, -0.2) is 4.39 Å². The van der Waals surface area contributed by atoms with E-state index in [-0.39, 0.29) is 12.4 Å². The van der Waals surface area contributed by atoms with Crippen molar-refractivity contribution in [1.82, 2.24) is 4.90 Å². The Labute approximate surface area is 157 Å². The summed E-state index contributed by atoms with van der Waals surface area (Å²) in [6.07, 6.45) is -0.615. The van der Waals surface area contributed by atoms with E-state index in [0.717, 1.165) is 17.9 Å². The van der Waals surface area contributed by atoms with Gasteiger partial charge in [0.2, 0.25) is 0 Å². The first-order valence-corrected chi connectivity index (χ1v) is 9.42. The van der Waals surface area contributed by atoms with E-state index in [1.54, 1.807) is 23.5 Å². The molecule has 1 N–H and O–H groups in total. The monoisotopic (exact) mass is 371 g/mol. The van der Waals surface area contributed by atoms with Gasteiger partial charge in [0.1, 0.15) is 24.3 Å². The molecule has 3 aromatic rings. The maximum Gasteiger partial charge on any atom is 0.123 e. The molecule has 0 bridgehead atoms. The number of benzene rings is 2. The van der Waals surface area contributed by atoms with Crippen LogP contribution in [0.15, 0.2) is 72.1 Å². The molecule has 0 aliphatic rings. The van der Waals surface area contributed by atoms with Crippen molar-refractivity contribution in [2.45, 2.75) is 19.2 Å². The van der Waals surface area contributed by atoms with Gasteiger partial charge in [-0.3, -0.25) is 4.90 Å². The Morgan fingerprint density at radius 1 is 0.962 bits per heavy atom. The maximum absolute atomic E-state index is 13.1. The van der Waals surface area contributed by atoms with Crippen LogP contribution in [-0.4, -0.2) is 29.3 Å². The fourth-order valence-electron chi connectivity index (χ4n) is 2.72. The highest BCUT2D eigenvalue weighted by atomic mass is 32.1. The van der Waals surface area contributed by atoms with Gasteiger partial charge in [0.15, 0.2) is 0 Å². The van der Waals surface area contributed by atoms with Crippen LogP contribution in [-0.2, 0) is 13.1 Å². The van der Waals surface area contributed by atoms with Gasteiger partial charge < -0.3 is 9.84 Å². The van der Waals surface area contributed by atoms with E-state index < -0.39 is 6.10 Å². The Balaban J connectivity index is 1.59. The van der Waals surface area contributed by atoms with Crippen molar-refractivity contribution < 1.29 is 14.2 Å². The van der Waals surface area contributed by atoms with E-state index in [1.807, 2.05) is 41.8 Å². The van der Waals surface area contributed by atoms with Gasteiger partial charge in [0.05, 0.1) is 0 Å². The molecule has 5 heteroatoms. The molecule has 136 valence electrons. The molecule has 2 aromatic carbocycles. The summed E-state index contributed by atoms with van der Waals surface area (Å²) in [7, 11) is 0. The molecular formula is C21H22FNO2S. The molecule has 26 heavy (non-hydrogen) atoms. The highest BCUT2D eigenvalue weighted by Crippen LogP contribution is 2.16. The lowest BCUT2D eigenvalue weighted by Crippen LogP contribution is -2.34. The van der Waals surface area contributed by atoms with Crippen molar-refractivity contribution in [3.63, 3.8) is 0 Å². The zero-order valence-corrected chi connectivity index (χ0v) is 15.2. The summed E-state index contributed by atoms with van der Waals surface area (Å²) in [5.41, 5.74) is 1.01. The van der Waals surface area contributed by atoms with Gasteiger partial charge in [0.25, 0.3) is 0 Å². The summed E-state index contributed by atoms with van der Waals surface area (Å²) in [5, 5.41) is 12.5. The lowest BCUT2D eigenvalue weighted by Gasteiger charge is -2.25. The van der Waals surface area contributed by atoms with Crippen molar-refractivity contribution in [3.05, 3.63) is 88.4 Å². The molecule has 0 aliphatic carbocycles. The first kappa shape index (κ1) is 18.6. The summed E-state index contributed by atoms with van der Waals surface area (Å²) < 4.78 is 18.8. The van der Waals surface area contributed by atoms with Crippen molar-refractivity contribution in [2.75, 3.05) is 13.2 Å². The number of hydrogen-bond acceptors (Lipinski definition) is 4. The van der Waals surface area contributed by atoms with Gasteiger partial charge in [-0.2, -0.15) is 0 Å². The van der Waals surface area contributed by atoms with Crippen LogP contribution in [0.4, 0.5) is 4.39 Å². The number of aliphatic hydroxyl groups excluding tert-OH is 1. The average molecular weight is 371 g/mol. The number of nitrogens with zero attached hydrogens (tertiary/aromatic N) is 1. The lowest BCUT2D eigenvalue weighted by atomic mass is 10.2. The van der Waals surface area contributed by atoms with Crippen molar-refractivity contribution in [1.29, 1.82) is 0 Å². The van der Waals surface area contributed by atoms with E-state index >= 15 is 0 Å². The quantitative estimate of drug-likeness (QED) is 0.608. The Hall–Kier alpha value is -2.21. The van der Waals surface area contributed by atoms with E-state index in [2.05, 4.69) is 11.0 Å². The number of thiophene rings is 1. The van der Waals surface area contributed by atoms with Gasteiger partial charge in [-0.1, -0.05) is 36.4 Å². The third-order valence-corrected chi connectivity index (χ3v) is 4.79. The second-order valence-electron chi connectivity index (χ2n) is 6.15. The molecule has 1 heterocycles. The molecule has 1 unspecified atom stereocenters. The fraction of sp³-hybridized carbons (Fsp3) is 0.238. The first-order valence-electron chi connectivity index (χ1n) is 8.54. The van der Waals surface area contributed by atoms with E-state index in [9.17, 15) is 9.50 Å². The standard InChI is InChI=1S/C21H22FNO2S/c22-18-10-8-17(9-11-18)13-23(15-21-7-4-12-26-21)14-19(24)16-25-20-5-2-1-3-6-20/h1-12,19,24H,13-16H2. The SMILES string of the molecule is OC(COc1ccccc1)CN(Cc1ccc(F)cc1)Cc1cccs1. The highest BCUT2D eigenvalue weighted by Gasteiger charge is 2.14. The summed E-state index contributed by atoms with van der Waals surface area (Å²) >= 11 is 1.69. The fourth-order valence-corrected chi connectivity index (χ4v) is 3.46. The van der Waals surface area contributed by atoms with Crippen LogP contribution in [0.5, 0.6) is 5.75 Å². The number of para-hydroxylation sites is 1. The van der Waals surface area contributed by atoms with Crippen LogP contribution in [0.2, 0.25) is 0 Å². The second-order valence-corrected chi connectivity index (χ2v) is 7.19. The molecule has 0 saturated carbocycles. The molecule has 1 aromatic heterocycles. The molecule has 3 nitrogen and oxygen atoms in total. The van der Waals surface area contributed by atoms with Gasteiger partial charge in [0, 0.05) is 24.5 Å². The average Bonchev–Trinajstić information content (AvgIpc) is 3.16. The van der Waals surface area contributed by atoms with Crippen LogP contribution in [0, 0.1) is 5.82 Å². The minimum atomic E-state index is -0.615. The molecule has 3 rings (SSSR count). The Bertz CT molecular complexity index is 762. The first-order chi connectivity index (χ1) is 12.7. The third-order valence-electron chi connectivity index (χ3n) is 3.93. The molecule has 0 amide bonds. The Kier molecular flexibility index (Phi) is 6.77. The zero-order valence-electron chi connectivity index (χ0n) is 14.4. The van der Waals surface area contributed by atoms with E-state index in [4.69, 9.17) is 4.74 Å². The Morgan fingerprint density at radius 2 is 1.73 bits per heavy atom. The predicted molar refractivity (Wildman–Crippen MR) is 103 cm³/mol. The number of aliphatic hydroxyl groups is 1. The molecule has 0 aliphatic heterocycles. The molecule has 1 atom stereocenters. The van der Waals surface area contributed by atoms with Crippen molar-refractivity contribution in [3.8, 4) is 5.75 Å². The zero-order chi connectivity index (χ0) is 18.2. The van der Waals surface area contributed by atoms with Crippen LogP contribution >= 0.6 is 11.3 Å². The largest absolute Gasteiger partial charge is 0.491 e. The number of rotatable bonds is 9. The van der Waals surface area contributed by atoms with Crippen LogP contribution in [0.3, 0.4) is 0 Å². The summed E-state index contributed by atoms with van der Waals surface area (Å²) in [6, 6.07) is 20.1. The van der Waals surface area contributed by atoms with E-state index in [0.29, 0.717) is 13.1 Å². The molecule has 0 spiro atoms. The van der Waals surface area contributed by atoms with Gasteiger partial charge in [-0.15, -0.1) is 11.3 Å². The normalized spacial score (nSPS) is 12.3. The van der Waals surface area contributed by atoms with Crippen molar-refractivity contribution >= 4 is 11.3 Å². The predicted octanol–water partition coefficient (Wildman–Crippen LogP) is 4.33. The second kappa shape index (κ2) is 9.48. The van der Waals surface area contributed by atoms with Crippen molar-refractivity contribution in [2.24, 2.45) is 0 Å². The van der Waals surface area contributed by atoms with E-state index in [1.165, 1.54) is 17.0 Å². The van der Waals surface area contributed by atoms with Crippen LogP contribution < -0.4 is 4.74 Å². The topological polar surface area (TPSA) is 32.7 Å². The lowest BCUT2D eigenvalue weighted by molar-refractivity contribution is 0.0632. The molecular weight excluding hydrogens is 349 g/mol. The van der Waals surface area contributed by atoms with Gasteiger partial charge in [-0.05, 0) is 41.3 Å². The number of hydrogen-bond donors (Lipinski definition) is 1. The molecule has 0 radical (unpaired) electrons. The van der Waals surface area contributed by atoms with Crippen LogP contribution in [0.1, 0.15) is 10.4 Å². The smallest absolute Gasteiger partial charge is 0.123 e. The highest BCUT2D eigenvalue weighted by molar-refractivity contribution is 7.09. The minimum absolute atomic E-state index is 0.231. The third kappa shape index (κ3) is 5.95. The maximum atomic E-state index is 13.1. The minimum Gasteiger partial charge on any atom is -0.491 e. The summed E-state index contributed by atoms with van der Waals surface area (Å²) in [4.78, 5) is 3.38. The van der Waals surface area contributed by atoms with Gasteiger partial charge >= 0.3 is 0 Å². The molecule has 0 fully saturated rings. The van der Waals surface area contributed by atoms with Crippen LogP contribution in [0.25, 0.3) is 0 Å². The Morgan fingerprint density at radius 3 is 2.42 bits per heavy atom.